The smallest absolute Gasteiger partial charge is 0.306 e. The highest BCUT2D eigenvalue weighted by Crippen LogP contribution is 2.52. The fourth-order valence-electron chi connectivity index (χ4n) is 2.30. The number of carboxylic acids is 1. The van der Waals surface area contributed by atoms with Gasteiger partial charge in [0.1, 0.15) is 0 Å². The van der Waals surface area contributed by atoms with Gasteiger partial charge in [0.25, 0.3) is 0 Å². The first kappa shape index (κ1) is 9.97. The molecule has 1 heterocycles. The molecule has 1 N–H and O–H groups in total. The van der Waals surface area contributed by atoms with Gasteiger partial charge in [0, 0.05) is 13.1 Å². The summed E-state index contributed by atoms with van der Waals surface area (Å²) in [4.78, 5) is 13.0. The summed E-state index contributed by atoms with van der Waals surface area (Å²) in [6.07, 6.45) is 4.70. The quantitative estimate of drug-likeness (QED) is 0.727. The Hall–Kier alpha value is -0.570. The lowest BCUT2D eigenvalue weighted by Crippen LogP contribution is -2.48. The summed E-state index contributed by atoms with van der Waals surface area (Å²) in [7, 11) is 0. The summed E-state index contributed by atoms with van der Waals surface area (Å²) < 4.78 is 0. The molecule has 1 atom stereocenters. The van der Waals surface area contributed by atoms with E-state index in [4.69, 9.17) is 5.11 Å². The monoisotopic (exact) mass is 197 g/mol. The largest absolute Gasteiger partial charge is 0.481 e. The fraction of sp³-hybridized carbons (Fsp3) is 0.909. The molecule has 0 aromatic rings. The average Bonchev–Trinajstić information content (AvgIpc) is 2.82. The van der Waals surface area contributed by atoms with Crippen molar-refractivity contribution in [1.29, 1.82) is 0 Å². The topological polar surface area (TPSA) is 40.5 Å². The molecular weight excluding hydrogens is 178 g/mol. The minimum Gasteiger partial charge on any atom is -0.481 e. The molecular formula is C11H19NO2. The van der Waals surface area contributed by atoms with Gasteiger partial charge < -0.3 is 10.0 Å². The number of rotatable bonds is 5. The van der Waals surface area contributed by atoms with Crippen LogP contribution in [0.5, 0.6) is 0 Å². The van der Waals surface area contributed by atoms with Crippen LogP contribution < -0.4 is 0 Å². The van der Waals surface area contributed by atoms with Gasteiger partial charge in [0.05, 0.1) is 5.92 Å². The highest BCUT2D eigenvalue weighted by atomic mass is 16.4. The molecule has 0 bridgehead atoms. The second-order valence-electron chi connectivity index (χ2n) is 5.09. The molecule has 3 heteroatoms. The minimum absolute atomic E-state index is 0.175. The van der Waals surface area contributed by atoms with E-state index in [1.165, 1.54) is 25.9 Å². The normalized spacial score (nSPS) is 25.8. The Kier molecular flexibility index (Phi) is 2.52. The zero-order chi connectivity index (χ0) is 10.2. The zero-order valence-corrected chi connectivity index (χ0v) is 8.83. The molecule has 0 aromatic heterocycles. The number of carbonyl (C=O) groups is 1. The summed E-state index contributed by atoms with van der Waals surface area (Å²) in [5.41, 5.74) is 0.735. The van der Waals surface area contributed by atoms with E-state index in [-0.39, 0.29) is 5.92 Å². The molecule has 3 nitrogen and oxygen atoms in total. The lowest BCUT2D eigenvalue weighted by Gasteiger charge is -2.40. The Bertz CT molecular complexity index is 227. The zero-order valence-electron chi connectivity index (χ0n) is 8.83. The van der Waals surface area contributed by atoms with Crippen LogP contribution in [-0.4, -0.2) is 35.6 Å². The molecule has 2 fully saturated rings. The van der Waals surface area contributed by atoms with Gasteiger partial charge in [-0.3, -0.25) is 4.79 Å². The van der Waals surface area contributed by atoms with Crippen LogP contribution in [0.15, 0.2) is 0 Å². The Morgan fingerprint density at radius 2 is 2.14 bits per heavy atom. The van der Waals surface area contributed by atoms with E-state index in [0.29, 0.717) is 0 Å². The molecule has 14 heavy (non-hydrogen) atoms. The van der Waals surface area contributed by atoms with Crippen LogP contribution >= 0.6 is 0 Å². The number of likely N-dealkylation sites (tertiary alicyclic amines) is 1. The highest BCUT2D eigenvalue weighted by Gasteiger charge is 2.51. The third kappa shape index (κ3) is 2.08. The molecule has 0 amide bonds. The van der Waals surface area contributed by atoms with Crippen LogP contribution in [0, 0.1) is 11.3 Å². The van der Waals surface area contributed by atoms with Crippen molar-refractivity contribution in [3.8, 4) is 0 Å². The van der Waals surface area contributed by atoms with E-state index >= 15 is 0 Å². The molecule has 0 radical (unpaired) electrons. The molecule has 1 aliphatic heterocycles. The standard InChI is InChI=1S/C11H19NO2/c1-9(10(13)14)3-2-6-12-7-11(8-12)4-5-11/h9H,2-8H2,1H3,(H,13,14). The maximum Gasteiger partial charge on any atom is 0.306 e. The predicted molar refractivity (Wildman–Crippen MR) is 54.1 cm³/mol. The molecule has 1 unspecified atom stereocenters. The summed E-state index contributed by atoms with van der Waals surface area (Å²) in [5, 5.41) is 8.70. The molecule has 2 aliphatic rings. The molecule has 80 valence electrons. The Morgan fingerprint density at radius 3 is 2.64 bits per heavy atom. The van der Waals surface area contributed by atoms with Gasteiger partial charge in [-0.25, -0.2) is 0 Å². The lowest BCUT2D eigenvalue weighted by atomic mass is 9.96. The first-order chi connectivity index (χ1) is 6.61. The Morgan fingerprint density at radius 1 is 1.50 bits per heavy atom. The third-order valence-electron chi connectivity index (χ3n) is 3.61. The van der Waals surface area contributed by atoms with Crippen LogP contribution in [0.4, 0.5) is 0 Å². The number of aliphatic carboxylic acids is 1. The highest BCUT2D eigenvalue weighted by molar-refractivity contribution is 5.69. The van der Waals surface area contributed by atoms with Crippen molar-refractivity contribution in [2.45, 2.75) is 32.6 Å². The van der Waals surface area contributed by atoms with Crippen LogP contribution in [-0.2, 0) is 4.79 Å². The van der Waals surface area contributed by atoms with Crippen molar-refractivity contribution in [3.05, 3.63) is 0 Å². The van der Waals surface area contributed by atoms with Crippen molar-refractivity contribution in [2.24, 2.45) is 11.3 Å². The van der Waals surface area contributed by atoms with Gasteiger partial charge in [0.2, 0.25) is 0 Å². The second-order valence-corrected chi connectivity index (χ2v) is 5.09. The van der Waals surface area contributed by atoms with Gasteiger partial charge in [-0.1, -0.05) is 6.92 Å². The number of hydrogen-bond donors (Lipinski definition) is 1. The van der Waals surface area contributed by atoms with Gasteiger partial charge in [-0.05, 0) is 37.6 Å². The Labute approximate surface area is 85.1 Å². The summed E-state index contributed by atoms with van der Waals surface area (Å²) in [6, 6.07) is 0. The van der Waals surface area contributed by atoms with E-state index < -0.39 is 5.97 Å². The van der Waals surface area contributed by atoms with Gasteiger partial charge in [-0.15, -0.1) is 0 Å². The maximum absolute atomic E-state index is 10.6. The van der Waals surface area contributed by atoms with Crippen molar-refractivity contribution in [1.82, 2.24) is 4.90 Å². The van der Waals surface area contributed by atoms with Gasteiger partial charge >= 0.3 is 5.97 Å². The molecule has 1 saturated heterocycles. The first-order valence-electron chi connectivity index (χ1n) is 5.56. The SMILES string of the molecule is CC(CCCN1CC2(CC2)C1)C(=O)O. The van der Waals surface area contributed by atoms with Crippen LogP contribution in [0.1, 0.15) is 32.6 Å². The first-order valence-corrected chi connectivity index (χ1v) is 5.56. The number of carboxylic acid groups (broad SMARTS) is 1. The molecule has 0 aromatic carbocycles. The van der Waals surface area contributed by atoms with Crippen molar-refractivity contribution < 1.29 is 9.90 Å². The lowest BCUT2D eigenvalue weighted by molar-refractivity contribution is -0.141. The third-order valence-corrected chi connectivity index (χ3v) is 3.61. The average molecular weight is 197 g/mol. The van der Waals surface area contributed by atoms with Crippen LogP contribution in [0.2, 0.25) is 0 Å². The van der Waals surface area contributed by atoms with Crippen molar-refractivity contribution >= 4 is 5.97 Å². The maximum atomic E-state index is 10.6. The fourth-order valence-corrected chi connectivity index (χ4v) is 2.30. The second kappa shape index (κ2) is 3.54. The van der Waals surface area contributed by atoms with Crippen molar-refractivity contribution in [2.75, 3.05) is 19.6 Å². The minimum atomic E-state index is -0.660. The predicted octanol–water partition coefficient (Wildman–Crippen LogP) is 1.58. The molecule has 1 aliphatic carbocycles. The Balaban J connectivity index is 1.53. The van der Waals surface area contributed by atoms with Gasteiger partial charge in [-0.2, -0.15) is 0 Å². The van der Waals surface area contributed by atoms with E-state index in [0.717, 1.165) is 24.8 Å². The van der Waals surface area contributed by atoms with E-state index in [9.17, 15) is 4.79 Å². The molecule has 1 saturated carbocycles. The van der Waals surface area contributed by atoms with Crippen molar-refractivity contribution in [3.63, 3.8) is 0 Å². The van der Waals surface area contributed by atoms with E-state index in [1.54, 1.807) is 6.92 Å². The summed E-state index contributed by atoms with van der Waals surface area (Å²) in [6.45, 7) is 5.43. The summed E-state index contributed by atoms with van der Waals surface area (Å²) in [5.74, 6) is -0.835. The number of hydrogen-bond acceptors (Lipinski definition) is 2. The van der Waals surface area contributed by atoms with Crippen LogP contribution in [0.3, 0.4) is 0 Å². The summed E-state index contributed by atoms with van der Waals surface area (Å²) >= 11 is 0. The molecule has 1 spiro atoms. The van der Waals surface area contributed by atoms with E-state index in [2.05, 4.69) is 4.90 Å². The van der Waals surface area contributed by atoms with Crippen LogP contribution in [0.25, 0.3) is 0 Å². The molecule has 2 rings (SSSR count). The van der Waals surface area contributed by atoms with Gasteiger partial charge in [0.15, 0.2) is 0 Å². The number of nitrogens with zero attached hydrogens (tertiary/aromatic N) is 1. The van der Waals surface area contributed by atoms with E-state index in [1.807, 2.05) is 0 Å².